The first-order chi connectivity index (χ1) is 10.4. The number of rotatable bonds is 5. The van der Waals surface area contributed by atoms with Gasteiger partial charge in [-0.3, -0.25) is 0 Å². The Morgan fingerprint density at radius 1 is 1.45 bits per heavy atom. The molecule has 122 valence electrons. The van der Waals surface area contributed by atoms with Crippen LogP contribution < -0.4 is 15.4 Å². The van der Waals surface area contributed by atoms with Crippen LogP contribution in [-0.2, 0) is 9.84 Å². The van der Waals surface area contributed by atoms with E-state index >= 15 is 0 Å². The van der Waals surface area contributed by atoms with E-state index in [0.29, 0.717) is 29.5 Å². The van der Waals surface area contributed by atoms with E-state index in [4.69, 9.17) is 16.3 Å². The predicted octanol–water partition coefficient (Wildman–Crippen LogP) is 2.44. The summed E-state index contributed by atoms with van der Waals surface area (Å²) in [7, 11) is -3.03. The first-order valence-electron chi connectivity index (χ1n) is 7.10. The molecule has 0 saturated carbocycles. The third kappa shape index (κ3) is 4.78. The van der Waals surface area contributed by atoms with Crippen LogP contribution in [0.2, 0.25) is 5.02 Å². The Labute approximate surface area is 135 Å². The van der Waals surface area contributed by atoms with Gasteiger partial charge < -0.3 is 15.4 Å². The molecule has 2 rings (SSSR count). The van der Waals surface area contributed by atoms with Crippen LogP contribution in [0.5, 0.6) is 5.75 Å². The van der Waals surface area contributed by atoms with E-state index in [1.165, 1.54) is 0 Å². The van der Waals surface area contributed by atoms with Crippen molar-refractivity contribution >= 4 is 33.2 Å². The second kappa shape index (κ2) is 7.19. The van der Waals surface area contributed by atoms with Crippen molar-refractivity contribution in [3.8, 4) is 5.75 Å². The minimum atomic E-state index is -3.03. The van der Waals surface area contributed by atoms with Gasteiger partial charge in [0.05, 0.1) is 23.8 Å². The summed E-state index contributed by atoms with van der Waals surface area (Å²) < 4.78 is 28.3. The molecule has 0 aliphatic carbocycles. The molecule has 0 radical (unpaired) electrons. The molecule has 0 bridgehead atoms. The highest BCUT2D eigenvalue weighted by Crippen LogP contribution is 2.28. The minimum Gasteiger partial charge on any atom is -0.491 e. The lowest BCUT2D eigenvalue weighted by atomic mass is 10.2. The van der Waals surface area contributed by atoms with Crippen LogP contribution in [0.1, 0.15) is 19.8 Å². The third-order valence-corrected chi connectivity index (χ3v) is 5.22. The molecule has 1 aliphatic heterocycles. The highest BCUT2D eigenvalue weighted by molar-refractivity contribution is 7.91. The SMILES string of the molecule is CCCOc1ccc(Cl)cc1NC(=O)N[C@@H]1CCS(=O)(=O)C1. The molecule has 0 unspecified atom stereocenters. The maximum atomic E-state index is 12.0. The van der Waals surface area contributed by atoms with Crippen LogP contribution in [0.4, 0.5) is 10.5 Å². The summed E-state index contributed by atoms with van der Waals surface area (Å²) in [5.74, 6) is 0.621. The Morgan fingerprint density at radius 2 is 2.23 bits per heavy atom. The zero-order valence-corrected chi connectivity index (χ0v) is 13.8. The zero-order valence-electron chi connectivity index (χ0n) is 12.3. The van der Waals surface area contributed by atoms with Gasteiger partial charge in [-0.05, 0) is 31.0 Å². The van der Waals surface area contributed by atoms with Gasteiger partial charge in [-0.25, -0.2) is 13.2 Å². The second-order valence-electron chi connectivity index (χ2n) is 5.19. The quantitative estimate of drug-likeness (QED) is 0.857. The molecule has 8 heteroatoms. The second-order valence-corrected chi connectivity index (χ2v) is 7.85. The summed E-state index contributed by atoms with van der Waals surface area (Å²) in [5, 5.41) is 5.79. The van der Waals surface area contributed by atoms with Crippen molar-refractivity contribution in [1.29, 1.82) is 0 Å². The number of carbonyl (C=O) groups excluding carboxylic acids is 1. The lowest BCUT2D eigenvalue weighted by Crippen LogP contribution is -2.38. The number of sulfone groups is 1. The number of halogens is 1. The number of hydrogen-bond acceptors (Lipinski definition) is 4. The summed E-state index contributed by atoms with van der Waals surface area (Å²) in [4.78, 5) is 12.0. The van der Waals surface area contributed by atoms with Gasteiger partial charge in [0.1, 0.15) is 5.75 Å². The van der Waals surface area contributed by atoms with E-state index in [0.717, 1.165) is 6.42 Å². The normalized spacial score (nSPS) is 19.6. The Balaban J connectivity index is 2.00. The van der Waals surface area contributed by atoms with Crippen molar-refractivity contribution in [2.75, 3.05) is 23.4 Å². The predicted molar refractivity (Wildman–Crippen MR) is 86.5 cm³/mol. The first-order valence-corrected chi connectivity index (χ1v) is 9.30. The number of anilines is 1. The van der Waals surface area contributed by atoms with E-state index < -0.39 is 15.9 Å². The fourth-order valence-electron chi connectivity index (χ4n) is 2.19. The van der Waals surface area contributed by atoms with E-state index in [9.17, 15) is 13.2 Å². The molecule has 1 aliphatic rings. The van der Waals surface area contributed by atoms with Crippen LogP contribution in [0.15, 0.2) is 18.2 Å². The number of ether oxygens (including phenoxy) is 1. The summed E-state index contributed by atoms with van der Waals surface area (Å²) in [6.07, 6.45) is 1.28. The van der Waals surface area contributed by atoms with Gasteiger partial charge in [0.15, 0.2) is 9.84 Å². The lowest BCUT2D eigenvalue weighted by Gasteiger charge is -2.15. The van der Waals surface area contributed by atoms with Crippen molar-refractivity contribution in [1.82, 2.24) is 5.32 Å². The van der Waals surface area contributed by atoms with Gasteiger partial charge >= 0.3 is 6.03 Å². The van der Waals surface area contributed by atoms with E-state index in [2.05, 4.69) is 10.6 Å². The molecule has 2 amide bonds. The Hall–Kier alpha value is -1.47. The van der Waals surface area contributed by atoms with Gasteiger partial charge in [0.2, 0.25) is 0 Å². The fraction of sp³-hybridized carbons (Fsp3) is 0.500. The van der Waals surface area contributed by atoms with Gasteiger partial charge in [-0.2, -0.15) is 0 Å². The topological polar surface area (TPSA) is 84.5 Å². The number of carbonyl (C=O) groups is 1. The van der Waals surface area contributed by atoms with Gasteiger partial charge in [-0.1, -0.05) is 18.5 Å². The summed E-state index contributed by atoms with van der Waals surface area (Å²) >= 11 is 5.94. The van der Waals surface area contributed by atoms with E-state index in [1.54, 1.807) is 18.2 Å². The highest BCUT2D eigenvalue weighted by atomic mass is 35.5. The average molecular weight is 347 g/mol. The molecular weight excluding hydrogens is 328 g/mol. The molecule has 1 saturated heterocycles. The van der Waals surface area contributed by atoms with Gasteiger partial charge in [-0.15, -0.1) is 0 Å². The van der Waals surface area contributed by atoms with Crippen LogP contribution in [0, 0.1) is 0 Å². The standard InChI is InChI=1S/C14H19ClN2O4S/c1-2-6-21-13-4-3-10(15)8-12(13)17-14(18)16-11-5-7-22(19,20)9-11/h3-4,8,11H,2,5-7,9H2,1H3,(H2,16,17,18)/t11-/m1/s1. The molecule has 1 atom stereocenters. The molecule has 6 nitrogen and oxygen atoms in total. The van der Waals surface area contributed by atoms with Crippen LogP contribution in [0.25, 0.3) is 0 Å². The van der Waals surface area contributed by atoms with Crippen LogP contribution in [0.3, 0.4) is 0 Å². The average Bonchev–Trinajstić information content (AvgIpc) is 2.77. The van der Waals surface area contributed by atoms with Crippen LogP contribution >= 0.6 is 11.6 Å². The van der Waals surface area contributed by atoms with Crippen molar-refractivity contribution in [2.24, 2.45) is 0 Å². The largest absolute Gasteiger partial charge is 0.491 e. The molecule has 2 N–H and O–H groups in total. The van der Waals surface area contributed by atoms with Crippen molar-refractivity contribution in [3.05, 3.63) is 23.2 Å². The number of hydrogen-bond donors (Lipinski definition) is 2. The van der Waals surface area contributed by atoms with Crippen molar-refractivity contribution in [3.63, 3.8) is 0 Å². The summed E-state index contributed by atoms with van der Waals surface area (Å²) in [6, 6.07) is 4.14. The number of amides is 2. The first kappa shape index (κ1) is 16.9. The molecule has 0 spiro atoms. The molecule has 1 heterocycles. The molecule has 1 fully saturated rings. The maximum absolute atomic E-state index is 12.0. The Kier molecular flexibility index (Phi) is 5.52. The van der Waals surface area contributed by atoms with E-state index in [1.807, 2.05) is 6.92 Å². The molecule has 1 aromatic rings. The number of benzene rings is 1. The summed E-state index contributed by atoms with van der Waals surface area (Å²) in [6.45, 7) is 2.51. The molecule has 22 heavy (non-hydrogen) atoms. The molecular formula is C14H19ClN2O4S. The van der Waals surface area contributed by atoms with Gasteiger partial charge in [0, 0.05) is 11.1 Å². The molecule has 0 aromatic heterocycles. The fourth-order valence-corrected chi connectivity index (χ4v) is 4.04. The monoisotopic (exact) mass is 346 g/mol. The summed E-state index contributed by atoms with van der Waals surface area (Å²) in [5.41, 5.74) is 0.458. The highest BCUT2D eigenvalue weighted by Gasteiger charge is 2.29. The van der Waals surface area contributed by atoms with Crippen molar-refractivity contribution < 1.29 is 17.9 Å². The van der Waals surface area contributed by atoms with E-state index in [-0.39, 0.29) is 17.5 Å². The zero-order chi connectivity index (χ0) is 16.2. The smallest absolute Gasteiger partial charge is 0.319 e. The Bertz CT molecular complexity index is 648. The minimum absolute atomic E-state index is 0.0187. The lowest BCUT2D eigenvalue weighted by molar-refractivity contribution is 0.249. The third-order valence-electron chi connectivity index (χ3n) is 3.22. The Morgan fingerprint density at radius 3 is 2.86 bits per heavy atom. The molecule has 1 aromatic carbocycles. The van der Waals surface area contributed by atoms with Crippen LogP contribution in [-0.4, -0.2) is 38.6 Å². The number of nitrogens with one attached hydrogen (secondary N) is 2. The van der Waals surface area contributed by atoms with Gasteiger partial charge in [0.25, 0.3) is 0 Å². The number of urea groups is 1. The maximum Gasteiger partial charge on any atom is 0.319 e. The van der Waals surface area contributed by atoms with Crippen molar-refractivity contribution in [2.45, 2.75) is 25.8 Å².